The molecule has 5 heavy (non-hydrogen) atoms. The van der Waals surface area contributed by atoms with Gasteiger partial charge in [-0.1, -0.05) is 0 Å². The Labute approximate surface area is 45.4 Å². The summed E-state index contributed by atoms with van der Waals surface area (Å²) >= 11 is -3.94. The number of rotatable bonds is 0. The predicted molar refractivity (Wildman–Crippen MR) is 5.75 cm³/mol. The van der Waals surface area contributed by atoms with Gasteiger partial charge in [0, 0.05) is 0 Å². The van der Waals surface area contributed by atoms with Crippen LogP contribution in [0.2, 0.25) is 0 Å². The molecule has 0 unspecified atom stereocenters. The van der Waals surface area contributed by atoms with E-state index in [1.165, 1.54) is 0 Å². The van der Waals surface area contributed by atoms with Crippen molar-refractivity contribution in [3.63, 3.8) is 0 Å². The molecule has 0 saturated carbocycles. The van der Waals surface area contributed by atoms with Gasteiger partial charge < -0.3 is 0 Å². The number of hydrogen-bond acceptors (Lipinski definition) is 3. The van der Waals surface area contributed by atoms with Gasteiger partial charge in [-0.3, -0.25) is 0 Å². The minimum absolute atomic E-state index is 0. The Morgan fingerprint density at radius 3 is 1.00 bits per heavy atom. The first kappa shape index (κ1) is 9.35. The van der Waals surface area contributed by atoms with Crippen LogP contribution in [-0.2, 0) is 17.1 Å². The van der Waals surface area contributed by atoms with Crippen molar-refractivity contribution in [1.82, 2.24) is 0 Å². The summed E-state index contributed by atoms with van der Waals surface area (Å²) in [5, 5.41) is 0. The predicted octanol–water partition coefficient (Wildman–Crippen LogP) is -3.95. The van der Waals surface area contributed by atoms with E-state index in [0.29, 0.717) is 0 Å². The average Bonchev–Trinajstić information content (AvgIpc) is 0.811. The van der Waals surface area contributed by atoms with E-state index in [0.717, 1.165) is 0 Å². The van der Waals surface area contributed by atoms with Gasteiger partial charge in [-0.2, -0.15) is 0 Å². The van der Waals surface area contributed by atoms with Gasteiger partial charge in [0.05, 0.1) is 0 Å². The Kier molecular flexibility index (Phi) is 9.27. The van der Waals surface area contributed by atoms with Gasteiger partial charge in [0.15, 0.2) is 0 Å². The van der Waals surface area contributed by atoms with Crippen LogP contribution in [0.1, 0.15) is 0 Å². The molecule has 0 radical (unpaired) electrons. The molecule has 0 atom stereocenters. The third-order valence-corrected chi connectivity index (χ3v) is 0. The monoisotopic (exact) mass is 186 g/mol. The Balaban J connectivity index is 0. The van der Waals surface area contributed by atoms with Crippen molar-refractivity contribution in [2.45, 2.75) is 0 Å². The van der Waals surface area contributed by atoms with E-state index >= 15 is 0 Å². The van der Waals surface area contributed by atoms with Crippen LogP contribution in [0.15, 0.2) is 0 Å². The maximum absolute atomic E-state index is 8.56. The summed E-state index contributed by atoms with van der Waals surface area (Å²) in [6.07, 6.45) is 0. The van der Waals surface area contributed by atoms with E-state index in [1.54, 1.807) is 0 Å². The Hall–Kier alpha value is 0.958. The molecule has 0 bridgehead atoms. The SMILES string of the molecule is [Cu+3].[O-][As]([O-])[O-]. The van der Waals surface area contributed by atoms with Gasteiger partial charge in [-0.15, -0.1) is 0 Å². The van der Waals surface area contributed by atoms with Crippen LogP contribution in [0.3, 0.4) is 0 Å². The van der Waals surface area contributed by atoms with Crippen LogP contribution in [0, 0.1) is 0 Å². The molecule has 0 spiro atoms. The molecule has 0 aliphatic heterocycles. The van der Waals surface area contributed by atoms with Crippen molar-refractivity contribution in [2.75, 3.05) is 0 Å². The second-order valence-electron chi connectivity index (χ2n) is 0.224. The Bertz CT molecular complexity index is 11.6. The molecule has 0 heterocycles. The van der Waals surface area contributed by atoms with Gasteiger partial charge in [-0.25, -0.2) is 0 Å². The van der Waals surface area contributed by atoms with Crippen molar-refractivity contribution < 1.29 is 29.4 Å². The van der Waals surface area contributed by atoms with Gasteiger partial charge in [0.1, 0.15) is 0 Å². The standard InChI is InChI=1S/AsO3.Cu/c2-1(3)4;/q-3;+3. The Morgan fingerprint density at radius 1 is 1.00 bits per heavy atom. The fourth-order valence-electron chi connectivity index (χ4n) is 0. The van der Waals surface area contributed by atoms with Gasteiger partial charge >= 0.3 is 45.0 Å². The molecule has 0 aromatic rings. The summed E-state index contributed by atoms with van der Waals surface area (Å²) in [4.78, 5) is 0. The zero-order valence-corrected chi connectivity index (χ0v) is 4.79. The van der Waals surface area contributed by atoms with E-state index in [-0.39, 0.29) is 17.1 Å². The minimum atomic E-state index is -3.94. The van der Waals surface area contributed by atoms with Crippen LogP contribution in [0.4, 0.5) is 0 Å². The van der Waals surface area contributed by atoms with Crippen molar-refractivity contribution in [3.8, 4) is 0 Å². The van der Waals surface area contributed by atoms with E-state index in [2.05, 4.69) is 0 Å². The molecule has 0 aliphatic rings. The average molecular weight is 186 g/mol. The second-order valence-corrected chi connectivity index (χ2v) is 1.16. The fraction of sp³-hybridized carbons (Fsp3) is 0. The van der Waals surface area contributed by atoms with Crippen LogP contribution >= 0.6 is 0 Å². The molecule has 0 aromatic heterocycles. The van der Waals surface area contributed by atoms with E-state index in [9.17, 15) is 0 Å². The van der Waals surface area contributed by atoms with E-state index < -0.39 is 15.7 Å². The zero-order valence-electron chi connectivity index (χ0n) is 1.97. The van der Waals surface area contributed by atoms with Crippen LogP contribution in [0.25, 0.3) is 0 Å². The van der Waals surface area contributed by atoms with Crippen molar-refractivity contribution in [3.05, 3.63) is 0 Å². The third kappa shape index (κ3) is 47.3. The first-order valence-electron chi connectivity index (χ1n) is 0.548. The third-order valence-electron chi connectivity index (χ3n) is 0. The normalized spacial score (nSPS) is 7.20. The molecule has 0 amide bonds. The molecule has 0 N–H and O–H groups in total. The summed E-state index contributed by atoms with van der Waals surface area (Å²) in [7, 11) is 0. The fourth-order valence-corrected chi connectivity index (χ4v) is 0. The van der Waals surface area contributed by atoms with Crippen LogP contribution in [-0.4, -0.2) is 15.7 Å². The summed E-state index contributed by atoms with van der Waals surface area (Å²) < 4.78 is 25.7. The summed E-state index contributed by atoms with van der Waals surface area (Å²) in [6.45, 7) is 0. The summed E-state index contributed by atoms with van der Waals surface area (Å²) in [5.74, 6) is 0. The molecule has 3 nitrogen and oxygen atoms in total. The summed E-state index contributed by atoms with van der Waals surface area (Å²) in [5.41, 5.74) is 0. The maximum atomic E-state index is 8.56. The topological polar surface area (TPSA) is 69.2 Å². The quantitative estimate of drug-likeness (QED) is 0.363. The second kappa shape index (κ2) is 4.96. The zero-order chi connectivity index (χ0) is 3.58. The molecule has 0 aromatic carbocycles. The Morgan fingerprint density at radius 2 is 1.00 bits per heavy atom. The molecule has 5 heteroatoms. The first-order chi connectivity index (χ1) is 1.73. The molecular weight excluding hydrogens is 186 g/mol. The van der Waals surface area contributed by atoms with Crippen molar-refractivity contribution in [1.29, 1.82) is 0 Å². The van der Waals surface area contributed by atoms with Crippen molar-refractivity contribution in [2.24, 2.45) is 0 Å². The van der Waals surface area contributed by atoms with Crippen LogP contribution < -0.4 is 12.3 Å². The molecule has 0 saturated heterocycles. The van der Waals surface area contributed by atoms with E-state index in [4.69, 9.17) is 12.3 Å². The number of hydrogen-bond donors (Lipinski definition) is 0. The molecule has 0 aliphatic carbocycles. The molecule has 0 rings (SSSR count). The van der Waals surface area contributed by atoms with Gasteiger partial charge in [0.2, 0.25) is 0 Å². The van der Waals surface area contributed by atoms with Crippen molar-refractivity contribution >= 4 is 15.7 Å². The van der Waals surface area contributed by atoms with Crippen LogP contribution in [0.5, 0.6) is 0 Å². The van der Waals surface area contributed by atoms with E-state index in [1.807, 2.05) is 0 Å². The van der Waals surface area contributed by atoms with Gasteiger partial charge in [-0.05, 0) is 0 Å². The molecule has 0 fully saturated rings. The van der Waals surface area contributed by atoms with Gasteiger partial charge in [0.25, 0.3) is 0 Å². The molecule has 34 valence electrons. The first-order valence-corrected chi connectivity index (χ1v) is 2.85. The molecular formula is AsCuO3. The summed E-state index contributed by atoms with van der Waals surface area (Å²) in [6, 6.07) is 0.